The van der Waals surface area contributed by atoms with Crippen LogP contribution in [0, 0.1) is 0 Å². The van der Waals surface area contributed by atoms with E-state index in [0.29, 0.717) is 12.3 Å². The summed E-state index contributed by atoms with van der Waals surface area (Å²) >= 11 is 0. The van der Waals surface area contributed by atoms with Crippen LogP contribution in [0.5, 0.6) is 0 Å². The molecule has 1 aromatic carbocycles. The fourth-order valence-corrected chi connectivity index (χ4v) is 3.54. The molecule has 2 nitrogen and oxygen atoms in total. The minimum Gasteiger partial charge on any atom is -0.361 e. The van der Waals surface area contributed by atoms with Crippen LogP contribution in [0.1, 0.15) is 50.6 Å². The van der Waals surface area contributed by atoms with Gasteiger partial charge in [-0.05, 0) is 31.2 Å². The highest BCUT2D eigenvalue weighted by molar-refractivity contribution is 5.20. The lowest BCUT2D eigenvalue weighted by atomic mass is 9.94. The smallest absolute Gasteiger partial charge is 0.111 e. The minimum absolute atomic E-state index is 0.375. The van der Waals surface area contributed by atoms with E-state index in [1.165, 1.54) is 37.7 Å². The zero-order chi connectivity index (χ0) is 12.4. The molecule has 2 fully saturated rings. The Morgan fingerprint density at radius 3 is 2.83 bits per heavy atom. The Hall–Kier alpha value is -0.860. The number of fused-ring (bicyclic) bond motifs is 1. The van der Waals surface area contributed by atoms with Crippen molar-refractivity contribution in [1.29, 1.82) is 0 Å². The van der Waals surface area contributed by atoms with E-state index in [-0.39, 0.29) is 0 Å². The predicted octanol–water partition coefficient (Wildman–Crippen LogP) is 3.74. The average Bonchev–Trinajstić information content (AvgIpc) is 2.85. The van der Waals surface area contributed by atoms with Crippen LogP contribution in [0.25, 0.3) is 0 Å². The van der Waals surface area contributed by atoms with Gasteiger partial charge in [-0.15, -0.1) is 0 Å². The van der Waals surface area contributed by atoms with Crippen LogP contribution >= 0.6 is 0 Å². The van der Waals surface area contributed by atoms with Gasteiger partial charge in [-0.2, -0.15) is 0 Å². The van der Waals surface area contributed by atoms with Crippen LogP contribution in [0.3, 0.4) is 0 Å². The van der Waals surface area contributed by atoms with Crippen LogP contribution in [0.4, 0.5) is 0 Å². The largest absolute Gasteiger partial charge is 0.361 e. The molecule has 1 aromatic rings. The van der Waals surface area contributed by atoms with E-state index in [1.54, 1.807) is 0 Å². The van der Waals surface area contributed by atoms with Gasteiger partial charge < -0.3 is 4.74 Å². The molecule has 2 saturated heterocycles. The van der Waals surface area contributed by atoms with Crippen LogP contribution in [0.15, 0.2) is 30.3 Å². The second kappa shape index (κ2) is 5.41. The molecule has 2 heteroatoms. The van der Waals surface area contributed by atoms with Gasteiger partial charge in [0.05, 0.1) is 12.6 Å². The monoisotopic (exact) mass is 245 g/mol. The highest BCUT2D eigenvalue weighted by atomic mass is 16.5. The molecule has 3 atom stereocenters. The minimum atomic E-state index is 0.375. The molecule has 0 radical (unpaired) electrons. The molecule has 2 heterocycles. The predicted molar refractivity (Wildman–Crippen MR) is 73.3 cm³/mol. The fraction of sp³-hybridized carbons (Fsp3) is 0.625. The number of nitrogens with zero attached hydrogens (tertiary/aromatic N) is 1. The third kappa shape index (κ3) is 2.19. The maximum Gasteiger partial charge on any atom is 0.111 e. The lowest BCUT2D eigenvalue weighted by molar-refractivity contribution is -0.0283. The van der Waals surface area contributed by atoms with Gasteiger partial charge in [-0.1, -0.05) is 43.7 Å². The highest BCUT2D eigenvalue weighted by Crippen LogP contribution is 2.39. The summed E-state index contributed by atoms with van der Waals surface area (Å²) in [7, 11) is 0. The normalized spacial score (nSPS) is 32.4. The molecule has 3 rings (SSSR count). The van der Waals surface area contributed by atoms with Gasteiger partial charge in [0, 0.05) is 6.04 Å². The van der Waals surface area contributed by atoms with Crippen molar-refractivity contribution in [2.75, 3.05) is 6.61 Å². The van der Waals surface area contributed by atoms with Crippen molar-refractivity contribution < 1.29 is 4.74 Å². The van der Waals surface area contributed by atoms with Crippen LogP contribution in [-0.4, -0.2) is 23.8 Å². The molecule has 2 aliphatic heterocycles. The Kier molecular flexibility index (Phi) is 3.67. The van der Waals surface area contributed by atoms with Crippen LogP contribution in [-0.2, 0) is 4.74 Å². The second-order valence-electron chi connectivity index (χ2n) is 5.54. The van der Waals surface area contributed by atoms with Crippen LogP contribution < -0.4 is 0 Å². The molecule has 1 unspecified atom stereocenters. The number of rotatable bonds is 3. The summed E-state index contributed by atoms with van der Waals surface area (Å²) in [6.45, 7) is 3.16. The number of piperidine rings is 1. The van der Waals surface area contributed by atoms with Crippen molar-refractivity contribution in [1.82, 2.24) is 4.90 Å². The van der Waals surface area contributed by atoms with Crippen molar-refractivity contribution in [2.45, 2.75) is 57.3 Å². The van der Waals surface area contributed by atoms with E-state index in [9.17, 15) is 0 Å². The number of ether oxygens (including phenoxy) is 1. The standard InChI is InChI=1S/C16H23NO/c1-2-7-14-10-6-11-16-17(14)15(12-18-16)13-8-4-3-5-9-13/h3-5,8-9,14-16H,2,6-7,10-12H2,1H3/t14-,15+,16?/m0/s1. The highest BCUT2D eigenvalue weighted by Gasteiger charge is 2.41. The summed E-state index contributed by atoms with van der Waals surface area (Å²) in [6, 6.07) is 12.1. The van der Waals surface area contributed by atoms with Crippen LogP contribution in [0.2, 0.25) is 0 Å². The number of hydrogen-bond acceptors (Lipinski definition) is 2. The van der Waals surface area contributed by atoms with E-state index >= 15 is 0 Å². The topological polar surface area (TPSA) is 12.5 Å². The molecule has 0 amide bonds. The summed E-state index contributed by atoms with van der Waals surface area (Å²) < 4.78 is 6.03. The summed E-state index contributed by atoms with van der Waals surface area (Å²) in [4.78, 5) is 2.66. The Balaban J connectivity index is 1.83. The number of benzene rings is 1. The van der Waals surface area contributed by atoms with E-state index in [1.807, 2.05) is 0 Å². The molecule has 0 saturated carbocycles. The van der Waals surface area contributed by atoms with E-state index in [0.717, 1.165) is 12.6 Å². The fourth-order valence-electron chi connectivity index (χ4n) is 3.54. The number of hydrogen-bond donors (Lipinski definition) is 0. The Morgan fingerprint density at radius 2 is 2.06 bits per heavy atom. The third-order valence-corrected chi connectivity index (χ3v) is 4.36. The zero-order valence-electron chi connectivity index (χ0n) is 11.2. The van der Waals surface area contributed by atoms with Gasteiger partial charge in [0.25, 0.3) is 0 Å². The average molecular weight is 245 g/mol. The van der Waals surface area contributed by atoms with Gasteiger partial charge in [0.2, 0.25) is 0 Å². The summed E-state index contributed by atoms with van der Waals surface area (Å²) in [5.74, 6) is 0. The third-order valence-electron chi connectivity index (χ3n) is 4.36. The van der Waals surface area contributed by atoms with Crippen molar-refractivity contribution in [3.63, 3.8) is 0 Å². The maximum atomic E-state index is 6.03. The first kappa shape index (κ1) is 12.2. The Morgan fingerprint density at radius 1 is 1.22 bits per heavy atom. The summed E-state index contributed by atoms with van der Waals surface area (Å²) in [6.07, 6.45) is 6.84. The SMILES string of the molecule is CCC[C@H]1CCCC2OC[C@H](c3ccccc3)N21. The molecule has 18 heavy (non-hydrogen) atoms. The second-order valence-corrected chi connectivity index (χ2v) is 5.54. The quantitative estimate of drug-likeness (QED) is 0.804. The first-order chi connectivity index (χ1) is 8.90. The van der Waals surface area contributed by atoms with Crippen molar-refractivity contribution in [2.24, 2.45) is 0 Å². The summed E-state index contributed by atoms with van der Waals surface area (Å²) in [5.41, 5.74) is 1.42. The summed E-state index contributed by atoms with van der Waals surface area (Å²) in [5, 5.41) is 0. The Bertz CT molecular complexity index is 376. The molecule has 0 bridgehead atoms. The molecule has 0 N–H and O–H groups in total. The molecular formula is C16H23NO. The Labute approximate surface area is 110 Å². The van der Waals surface area contributed by atoms with E-state index in [4.69, 9.17) is 4.74 Å². The first-order valence-electron chi connectivity index (χ1n) is 7.34. The van der Waals surface area contributed by atoms with Gasteiger partial charge >= 0.3 is 0 Å². The van der Waals surface area contributed by atoms with Gasteiger partial charge in [0.1, 0.15) is 6.23 Å². The molecule has 0 spiro atoms. The van der Waals surface area contributed by atoms with Gasteiger partial charge in [-0.25, -0.2) is 0 Å². The van der Waals surface area contributed by atoms with Crippen molar-refractivity contribution >= 4 is 0 Å². The molecule has 0 aromatic heterocycles. The molecule has 0 aliphatic carbocycles. The maximum absolute atomic E-state index is 6.03. The zero-order valence-corrected chi connectivity index (χ0v) is 11.2. The lowest BCUT2D eigenvalue weighted by Gasteiger charge is -2.39. The van der Waals surface area contributed by atoms with Crippen molar-refractivity contribution in [3.8, 4) is 0 Å². The lowest BCUT2D eigenvalue weighted by Crippen LogP contribution is -2.44. The molecule has 2 aliphatic rings. The van der Waals surface area contributed by atoms with Crippen molar-refractivity contribution in [3.05, 3.63) is 35.9 Å². The molecular weight excluding hydrogens is 222 g/mol. The van der Waals surface area contributed by atoms with Gasteiger partial charge in [-0.3, -0.25) is 4.90 Å². The van der Waals surface area contributed by atoms with E-state index in [2.05, 4.69) is 42.2 Å². The van der Waals surface area contributed by atoms with E-state index < -0.39 is 0 Å². The van der Waals surface area contributed by atoms with Gasteiger partial charge in [0.15, 0.2) is 0 Å². The first-order valence-corrected chi connectivity index (χ1v) is 7.34. The molecule has 98 valence electrons.